The minimum absolute atomic E-state index is 0. The van der Waals surface area contributed by atoms with Crippen LogP contribution in [0.25, 0.3) is 11.0 Å². The SMILES string of the molecule is Cl.Cn1c(=O)n(C2CCC(=O)NC2=O)c2cccc(C#CCCC3CCN(C(=O)C(N)C4CCCCC4)CC3)c21. The van der Waals surface area contributed by atoms with E-state index in [4.69, 9.17) is 5.73 Å². The standard InChI is InChI=1S/C30H39N5O4.ClH/c1-33-27-22(12-7-13-23(27)35(30(33)39)24-14-15-25(36)32-28(24)37)11-6-5-8-20-16-18-34(19-17-20)29(38)26(31)21-9-3-2-4-10-21;/h7,12-13,20-21,24,26H,2-5,8-10,14-19,31H2,1H3,(H,32,36,37);1H. The predicted molar refractivity (Wildman–Crippen MR) is 156 cm³/mol. The number of hydrogen-bond acceptors (Lipinski definition) is 5. The normalized spacial score (nSPS) is 21.4. The first kappa shape index (κ1) is 29.9. The van der Waals surface area contributed by atoms with Crippen LogP contribution in [0.5, 0.6) is 0 Å². The molecule has 3 aliphatic rings. The Morgan fingerprint density at radius 3 is 2.50 bits per heavy atom. The number of nitrogens with two attached hydrogens (primary N) is 1. The minimum atomic E-state index is -0.711. The van der Waals surface area contributed by atoms with E-state index >= 15 is 0 Å². The van der Waals surface area contributed by atoms with Gasteiger partial charge < -0.3 is 10.6 Å². The van der Waals surface area contributed by atoms with E-state index in [1.54, 1.807) is 7.05 Å². The van der Waals surface area contributed by atoms with Gasteiger partial charge in [0, 0.05) is 33.0 Å². The maximum absolute atomic E-state index is 13.1. The third-order valence-corrected chi connectivity index (χ3v) is 8.89. The van der Waals surface area contributed by atoms with Gasteiger partial charge in [0.2, 0.25) is 17.7 Å². The largest absolute Gasteiger partial charge is 0.341 e. The molecule has 5 rings (SSSR count). The molecule has 3 N–H and O–H groups in total. The summed E-state index contributed by atoms with van der Waals surface area (Å²) in [6.45, 7) is 1.54. The van der Waals surface area contributed by atoms with Crippen molar-refractivity contribution in [1.29, 1.82) is 0 Å². The van der Waals surface area contributed by atoms with Crippen molar-refractivity contribution in [3.05, 3.63) is 34.2 Å². The smallest absolute Gasteiger partial charge is 0.329 e. The van der Waals surface area contributed by atoms with Crippen molar-refractivity contribution < 1.29 is 14.4 Å². The molecule has 1 saturated carbocycles. The maximum Gasteiger partial charge on any atom is 0.329 e. The Bertz CT molecular complexity index is 1370. The molecular weight excluding hydrogens is 530 g/mol. The third-order valence-electron chi connectivity index (χ3n) is 8.89. The van der Waals surface area contributed by atoms with Gasteiger partial charge in [0.05, 0.1) is 22.6 Å². The third kappa shape index (κ3) is 6.13. The van der Waals surface area contributed by atoms with E-state index in [-0.39, 0.29) is 42.4 Å². The van der Waals surface area contributed by atoms with E-state index in [0.717, 1.165) is 57.2 Å². The number of para-hydroxylation sites is 1. The average molecular weight is 570 g/mol. The fourth-order valence-corrected chi connectivity index (χ4v) is 6.55. The molecule has 2 unspecified atom stereocenters. The number of likely N-dealkylation sites (tertiary alicyclic amines) is 1. The molecule has 40 heavy (non-hydrogen) atoms. The zero-order chi connectivity index (χ0) is 27.5. The summed E-state index contributed by atoms with van der Waals surface area (Å²) in [6, 6.07) is 4.50. The molecule has 216 valence electrons. The van der Waals surface area contributed by atoms with Crippen molar-refractivity contribution in [3.8, 4) is 11.8 Å². The van der Waals surface area contributed by atoms with Gasteiger partial charge in [-0.25, -0.2) is 4.79 Å². The van der Waals surface area contributed by atoms with Crippen LogP contribution in [0.1, 0.15) is 82.2 Å². The van der Waals surface area contributed by atoms with Gasteiger partial charge >= 0.3 is 5.69 Å². The Kier molecular flexibility index (Phi) is 9.75. The van der Waals surface area contributed by atoms with Crippen LogP contribution in [0.3, 0.4) is 0 Å². The highest BCUT2D eigenvalue weighted by Gasteiger charge is 2.32. The molecule has 1 aromatic carbocycles. The van der Waals surface area contributed by atoms with Gasteiger partial charge in [0.25, 0.3) is 0 Å². The molecule has 0 spiro atoms. The highest BCUT2D eigenvalue weighted by Crippen LogP contribution is 2.28. The molecule has 1 aliphatic carbocycles. The Morgan fingerprint density at radius 2 is 1.80 bits per heavy atom. The van der Waals surface area contributed by atoms with Crippen molar-refractivity contribution in [2.24, 2.45) is 24.6 Å². The molecule has 2 atom stereocenters. The molecule has 2 aliphatic heterocycles. The number of fused-ring (bicyclic) bond motifs is 1. The van der Waals surface area contributed by atoms with Gasteiger partial charge in [0.1, 0.15) is 6.04 Å². The first-order valence-corrected chi connectivity index (χ1v) is 14.4. The lowest BCUT2D eigenvalue weighted by Gasteiger charge is -2.36. The molecule has 0 bridgehead atoms. The number of carbonyl (C=O) groups is 3. The lowest BCUT2D eigenvalue weighted by molar-refractivity contribution is -0.136. The fraction of sp³-hybridized carbons (Fsp3) is 0.600. The highest BCUT2D eigenvalue weighted by molar-refractivity contribution is 6.00. The summed E-state index contributed by atoms with van der Waals surface area (Å²) < 4.78 is 3.02. The van der Waals surface area contributed by atoms with Crippen molar-refractivity contribution >= 4 is 41.2 Å². The highest BCUT2D eigenvalue weighted by atomic mass is 35.5. The summed E-state index contributed by atoms with van der Waals surface area (Å²) in [5.74, 6) is 6.78. The van der Waals surface area contributed by atoms with E-state index in [1.807, 2.05) is 23.1 Å². The number of imidazole rings is 1. The van der Waals surface area contributed by atoms with Crippen LogP contribution in [0.4, 0.5) is 0 Å². The summed E-state index contributed by atoms with van der Waals surface area (Å²) in [5.41, 5.74) is 8.15. The Balaban J connectivity index is 0.00000370. The van der Waals surface area contributed by atoms with E-state index in [2.05, 4.69) is 17.2 Å². The number of halogens is 1. The number of aryl methyl sites for hydroxylation is 1. The first-order chi connectivity index (χ1) is 18.8. The molecule has 3 fully saturated rings. The van der Waals surface area contributed by atoms with Gasteiger partial charge in [0.15, 0.2) is 0 Å². The number of imide groups is 1. The summed E-state index contributed by atoms with van der Waals surface area (Å²) in [6.07, 6.45) is 9.94. The lowest BCUT2D eigenvalue weighted by atomic mass is 9.83. The number of nitrogens with one attached hydrogen (secondary N) is 1. The van der Waals surface area contributed by atoms with Crippen molar-refractivity contribution in [2.75, 3.05) is 13.1 Å². The molecule has 3 amide bonds. The molecule has 9 nitrogen and oxygen atoms in total. The van der Waals surface area contributed by atoms with Gasteiger partial charge in [-0.15, -0.1) is 12.4 Å². The summed E-state index contributed by atoms with van der Waals surface area (Å²) in [7, 11) is 1.69. The number of amides is 3. The number of nitrogens with zero attached hydrogens (tertiary/aromatic N) is 3. The van der Waals surface area contributed by atoms with E-state index in [0.29, 0.717) is 29.3 Å². The molecule has 1 aromatic heterocycles. The molecule has 2 aromatic rings. The van der Waals surface area contributed by atoms with E-state index in [9.17, 15) is 19.2 Å². The molecule has 2 saturated heterocycles. The average Bonchev–Trinajstić information content (AvgIpc) is 3.21. The zero-order valence-electron chi connectivity index (χ0n) is 23.2. The van der Waals surface area contributed by atoms with Crippen LogP contribution in [0, 0.1) is 23.7 Å². The Labute approximate surface area is 241 Å². The van der Waals surface area contributed by atoms with Crippen LogP contribution in [-0.4, -0.2) is 50.9 Å². The van der Waals surface area contributed by atoms with Crippen LogP contribution in [0.15, 0.2) is 23.0 Å². The van der Waals surface area contributed by atoms with Crippen LogP contribution in [-0.2, 0) is 21.4 Å². The van der Waals surface area contributed by atoms with Gasteiger partial charge in [-0.05, 0) is 62.5 Å². The van der Waals surface area contributed by atoms with E-state index in [1.165, 1.54) is 28.4 Å². The summed E-state index contributed by atoms with van der Waals surface area (Å²) >= 11 is 0. The van der Waals surface area contributed by atoms with Gasteiger partial charge in [-0.3, -0.25) is 28.8 Å². The molecule has 10 heteroatoms. The van der Waals surface area contributed by atoms with Crippen LogP contribution in [0.2, 0.25) is 0 Å². The molecule has 0 radical (unpaired) electrons. The zero-order valence-corrected chi connectivity index (χ0v) is 24.0. The Morgan fingerprint density at radius 1 is 1.07 bits per heavy atom. The van der Waals surface area contributed by atoms with Crippen LogP contribution < -0.4 is 16.7 Å². The summed E-state index contributed by atoms with van der Waals surface area (Å²) in [5, 5.41) is 2.34. The number of rotatable bonds is 5. The van der Waals surface area contributed by atoms with Crippen molar-refractivity contribution in [3.63, 3.8) is 0 Å². The van der Waals surface area contributed by atoms with Crippen molar-refractivity contribution in [1.82, 2.24) is 19.4 Å². The topological polar surface area (TPSA) is 119 Å². The first-order valence-electron chi connectivity index (χ1n) is 14.4. The number of hydrogen-bond donors (Lipinski definition) is 2. The maximum atomic E-state index is 13.1. The summed E-state index contributed by atoms with van der Waals surface area (Å²) in [4.78, 5) is 52.0. The van der Waals surface area contributed by atoms with Crippen molar-refractivity contribution in [2.45, 2.75) is 82.7 Å². The van der Waals surface area contributed by atoms with Gasteiger partial charge in [-0.2, -0.15) is 0 Å². The minimum Gasteiger partial charge on any atom is -0.341 e. The monoisotopic (exact) mass is 569 g/mol. The second-order valence-electron chi connectivity index (χ2n) is 11.4. The fourth-order valence-electron chi connectivity index (χ4n) is 6.55. The van der Waals surface area contributed by atoms with Gasteiger partial charge in [-0.1, -0.05) is 37.2 Å². The predicted octanol–water partition coefficient (Wildman–Crippen LogP) is 3.02. The number of benzene rings is 1. The van der Waals surface area contributed by atoms with E-state index < -0.39 is 11.9 Å². The molecular formula is C30H40ClN5O4. The second-order valence-corrected chi connectivity index (χ2v) is 11.4. The number of aromatic nitrogens is 2. The lowest BCUT2D eigenvalue weighted by Crippen LogP contribution is -2.50. The van der Waals surface area contributed by atoms with Crippen LogP contribution >= 0.6 is 12.4 Å². The quantitative estimate of drug-likeness (QED) is 0.424. The number of piperidine rings is 2. The second kappa shape index (κ2) is 13.0. The Hall–Kier alpha value is -3.09. The molecule has 3 heterocycles. The number of carbonyl (C=O) groups excluding carboxylic acids is 3.